The van der Waals surface area contributed by atoms with Crippen molar-refractivity contribution >= 4 is 5.69 Å². The first-order chi connectivity index (χ1) is 7.61. The molecule has 0 spiro atoms. The molecule has 16 heavy (non-hydrogen) atoms. The molecule has 0 bridgehead atoms. The Morgan fingerprint density at radius 2 is 2.25 bits per heavy atom. The van der Waals surface area contributed by atoms with E-state index in [2.05, 4.69) is 11.5 Å². The summed E-state index contributed by atoms with van der Waals surface area (Å²) in [4.78, 5) is 2.05. The predicted octanol–water partition coefficient (Wildman–Crippen LogP) is 2.86. The molecule has 0 aliphatic rings. The molecule has 0 amide bonds. The zero-order valence-electron chi connectivity index (χ0n) is 9.91. The number of halogens is 1. The Kier molecular flexibility index (Phi) is 4.50. The van der Waals surface area contributed by atoms with E-state index in [0.29, 0.717) is 12.1 Å². The Morgan fingerprint density at radius 3 is 2.75 bits per heavy atom. The van der Waals surface area contributed by atoms with E-state index >= 15 is 0 Å². The maximum atomic E-state index is 13.7. The first-order valence-corrected chi connectivity index (χ1v) is 5.51. The third-order valence-corrected chi connectivity index (χ3v) is 2.56. The molecular formula is C13H19FN2. The van der Waals surface area contributed by atoms with Crippen molar-refractivity contribution in [2.75, 3.05) is 18.0 Å². The lowest BCUT2D eigenvalue weighted by Crippen LogP contribution is -2.25. The number of hydrogen-bond donors (Lipinski definition) is 1. The zero-order chi connectivity index (χ0) is 12.1. The number of hydrogen-bond acceptors (Lipinski definition) is 2. The largest absolute Gasteiger partial charge is 0.368 e. The summed E-state index contributed by atoms with van der Waals surface area (Å²) < 4.78 is 13.7. The van der Waals surface area contributed by atoms with E-state index in [9.17, 15) is 4.39 Å². The van der Waals surface area contributed by atoms with Gasteiger partial charge in [0.15, 0.2) is 0 Å². The van der Waals surface area contributed by atoms with E-state index in [4.69, 9.17) is 5.73 Å². The summed E-state index contributed by atoms with van der Waals surface area (Å²) in [5, 5.41) is 0. The molecule has 0 aliphatic carbocycles. The summed E-state index contributed by atoms with van der Waals surface area (Å²) in [7, 11) is 0. The van der Waals surface area contributed by atoms with E-state index in [1.807, 2.05) is 13.0 Å². The van der Waals surface area contributed by atoms with Crippen LogP contribution in [0.5, 0.6) is 0 Å². The summed E-state index contributed by atoms with van der Waals surface area (Å²) in [6, 6.07) is 4.75. The van der Waals surface area contributed by atoms with Gasteiger partial charge in [-0.15, -0.1) is 6.58 Å². The average Bonchev–Trinajstić information content (AvgIpc) is 2.25. The van der Waals surface area contributed by atoms with Crippen LogP contribution in [0.15, 0.2) is 30.9 Å². The molecule has 0 heterocycles. The molecule has 2 N–H and O–H groups in total. The molecule has 1 rings (SSSR count). The smallest absolute Gasteiger partial charge is 0.130 e. The number of nitrogens with zero attached hydrogens (tertiary/aromatic N) is 1. The maximum Gasteiger partial charge on any atom is 0.130 e. The van der Waals surface area contributed by atoms with Crippen molar-refractivity contribution in [2.24, 2.45) is 5.73 Å². The lowest BCUT2D eigenvalue weighted by Gasteiger charge is -2.26. The molecule has 0 saturated carbocycles. The first-order valence-electron chi connectivity index (χ1n) is 5.51. The van der Waals surface area contributed by atoms with Gasteiger partial charge in [0.2, 0.25) is 0 Å². The van der Waals surface area contributed by atoms with Crippen molar-refractivity contribution < 1.29 is 4.39 Å². The molecule has 88 valence electrons. The highest BCUT2D eigenvalue weighted by molar-refractivity contribution is 5.55. The molecule has 0 radical (unpaired) electrons. The van der Waals surface area contributed by atoms with Crippen molar-refractivity contribution in [1.82, 2.24) is 0 Å². The fourth-order valence-corrected chi connectivity index (χ4v) is 1.81. The third kappa shape index (κ3) is 2.61. The van der Waals surface area contributed by atoms with Gasteiger partial charge >= 0.3 is 0 Å². The second-order valence-electron chi connectivity index (χ2n) is 3.79. The van der Waals surface area contributed by atoms with E-state index < -0.39 is 0 Å². The quantitative estimate of drug-likeness (QED) is 0.776. The van der Waals surface area contributed by atoms with Gasteiger partial charge in [0.1, 0.15) is 5.82 Å². The summed E-state index contributed by atoms with van der Waals surface area (Å²) in [5.41, 5.74) is 7.25. The second kappa shape index (κ2) is 5.66. The predicted molar refractivity (Wildman–Crippen MR) is 67.1 cm³/mol. The Labute approximate surface area is 96.6 Å². The molecule has 0 unspecified atom stereocenters. The number of rotatable bonds is 5. The maximum absolute atomic E-state index is 13.7. The first kappa shape index (κ1) is 12.7. The highest BCUT2D eigenvalue weighted by Gasteiger charge is 2.15. The van der Waals surface area contributed by atoms with Crippen LogP contribution in [0.1, 0.15) is 25.5 Å². The van der Waals surface area contributed by atoms with Crippen LogP contribution in [0, 0.1) is 5.82 Å². The van der Waals surface area contributed by atoms with Crippen LogP contribution in [-0.2, 0) is 0 Å². The van der Waals surface area contributed by atoms with Crippen LogP contribution in [0.4, 0.5) is 10.1 Å². The van der Waals surface area contributed by atoms with Gasteiger partial charge in [-0.25, -0.2) is 4.39 Å². The molecule has 0 aromatic heterocycles. The highest BCUT2D eigenvalue weighted by atomic mass is 19.1. The average molecular weight is 222 g/mol. The van der Waals surface area contributed by atoms with Crippen molar-refractivity contribution in [1.29, 1.82) is 0 Å². The standard InChI is InChI=1S/C13H19FN2/c1-4-9-16(5-2)12-8-6-7-11(14)13(12)10(3)15/h4,6-8,10H,1,5,9,15H2,2-3H3/t10-/m0/s1. The van der Waals surface area contributed by atoms with Gasteiger partial charge in [0.25, 0.3) is 0 Å². The molecule has 0 fully saturated rings. The van der Waals surface area contributed by atoms with E-state index in [1.165, 1.54) is 6.07 Å². The molecule has 1 aromatic rings. The Hall–Kier alpha value is -1.35. The van der Waals surface area contributed by atoms with Crippen molar-refractivity contribution in [3.63, 3.8) is 0 Å². The Morgan fingerprint density at radius 1 is 1.56 bits per heavy atom. The van der Waals surface area contributed by atoms with Gasteiger partial charge in [0, 0.05) is 30.4 Å². The minimum absolute atomic E-state index is 0.241. The van der Waals surface area contributed by atoms with Crippen LogP contribution in [0.2, 0.25) is 0 Å². The van der Waals surface area contributed by atoms with E-state index in [1.54, 1.807) is 19.1 Å². The van der Waals surface area contributed by atoms with Gasteiger partial charge in [0.05, 0.1) is 0 Å². The molecular weight excluding hydrogens is 203 g/mol. The summed E-state index contributed by atoms with van der Waals surface area (Å²) >= 11 is 0. The number of likely N-dealkylation sites (N-methyl/N-ethyl adjacent to an activating group) is 1. The van der Waals surface area contributed by atoms with E-state index in [0.717, 1.165) is 12.2 Å². The summed E-state index contributed by atoms with van der Waals surface area (Å²) in [6.07, 6.45) is 1.80. The second-order valence-corrected chi connectivity index (χ2v) is 3.79. The molecule has 0 saturated heterocycles. The minimum Gasteiger partial charge on any atom is -0.368 e. The number of nitrogens with two attached hydrogens (primary N) is 1. The van der Waals surface area contributed by atoms with Crippen molar-refractivity contribution in [3.8, 4) is 0 Å². The van der Waals surface area contributed by atoms with Crippen molar-refractivity contribution in [3.05, 3.63) is 42.2 Å². The monoisotopic (exact) mass is 222 g/mol. The van der Waals surface area contributed by atoms with Crippen LogP contribution in [0.3, 0.4) is 0 Å². The summed E-state index contributed by atoms with van der Waals surface area (Å²) in [5.74, 6) is -0.241. The molecule has 1 aromatic carbocycles. The van der Waals surface area contributed by atoms with Crippen LogP contribution < -0.4 is 10.6 Å². The van der Waals surface area contributed by atoms with Crippen LogP contribution in [0.25, 0.3) is 0 Å². The normalized spacial score (nSPS) is 12.2. The molecule has 3 heteroatoms. The number of anilines is 1. The molecule has 1 atom stereocenters. The van der Waals surface area contributed by atoms with Crippen molar-refractivity contribution in [2.45, 2.75) is 19.9 Å². The van der Waals surface area contributed by atoms with Gasteiger partial charge in [-0.2, -0.15) is 0 Å². The van der Waals surface area contributed by atoms with Crippen LogP contribution >= 0.6 is 0 Å². The number of benzene rings is 1. The zero-order valence-corrected chi connectivity index (χ0v) is 9.91. The highest BCUT2D eigenvalue weighted by Crippen LogP contribution is 2.27. The molecule has 2 nitrogen and oxygen atoms in total. The lowest BCUT2D eigenvalue weighted by molar-refractivity contribution is 0.592. The van der Waals surface area contributed by atoms with Gasteiger partial charge < -0.3 is 10.6 Å². The van der Waals surface area contributed by atoms with Gasteiger partial charge in [-0.1, -0.05) is 12.1 Å². The topological polar surface area (TPSA) is 29.3 Å². The fraction of sp³-hybridized carbons (Fsp3) is 0.385. The molecule has 0 aliphatic heterocycles. The van der Waals surface area contributed by atoms with Gasteiger partial charge in [-0.05, 0) is 26.0 Å². The minimum atomic E-state index is -0.310. The van der Waals surface area contributed by atoms with E-state index in [-0.39, 0.29) is 11.9 Å². The van der Waals surface area contributed by atoms with Crippen LogP contribution in [-0.4, -0.2) is 13.1 Å². The summed E-state index contributed by atoms with van der Waals surface area (Å²) in [6.45, 7) is 9.02. The van der Waals surface area contributed by atoms with Gasteiger partial charge in [-0.3, -0.25) is 0 Å². The fourth-order valence-electron chi connectivity index (χ4n) is 1.81. The Bertz CT molecular complexity index is 361. The Balaban J connectivity index is 3.19. The third-order valence-electron chi connectivity index (χ3n) is 2.56. The lowest BCUT2D eigenvalue weighted by atomic mass is 10.0. The SMILES string of the molecule is C=CCN(CC)c1cccc(F)c1[C@H](C)N.